The normalized spacial score (nSPS) is 10.9. The Hall–Kier alpha value is -1.35. The number of alkyl halides is 2. The zero-order chi connectivity index (χ0) is 21.4. The smallest absolute Gasteiger partial charge is 0.340 e. The Balaban J connectivity index is 0.000000395. The quantitative estimate of drug-likeness (QED) is 0.624. The van der Waals surface area contributed by atoms with E-state index >= 15 is 0 Å². The standard InChI is InChI=1S/C7H7Cl2FN2.C4H2Cl2N2.C4H7FO2/c1-7(2,10)4-3-5(8)11-12-6(4)9;5-3-1-2-4(6)8-7-3;1-4(2,5)3(6)7/h3H,1-2H3;1-2H;1-2H3,(H,6,7). The Kier molecular flexibility index (Phi) is 10.3. The number of hydrogen-bond acceptors (Lipinski definition) is 5. The summed E-state index contributed by atoms with van der Waals surface area (Å²) in [6.45, 7) is 4.75. The highest BCUT2D eigenvalue weighted by Gasteiger charge is 2.25. The molecule has 0 radical (unpaired) electrons. The van der Waals surface area contributed by atoms with Crippen LogP contribution in [0.1, 0.15) is 33.3 Å². The van der Waals surface area contributed by atoms with Crippen molar-refractivity contribution in [2.24, 2.45) is 0 Å². The molecule has 0 atom stereocenters. The van der Waals surface area contributed by atoms with E-state index in [1.54, 1.807) is 12.1 Å². The molecule has 2 heterocycles. The molecule has 1 N–H and O–H groups in total. The van der Waals surface area contributed by atoms with Crippen LogP contribution in [0, 0.1) is 0 Å². The average molecular weight is 464 g/mol. The van der Waals surface area contributed by atoms with E-state index in [0.717, 1.165) is 13.8 Å². The number of rotatable bonds is 2. The first-order chi connectivity index (χ1) is 12.1. The zero-order valence-electron chi connectivity index (χ0n) is 14.6. The van der Waals surface area contributed by atoms with Crippen molar-refractivity contribution >= 4 is 52.4 Å². The summed E-state index contributed by atoms with van der Waals surface area (Å²) in [5, 5.41) is 22.7. The van der Waals surface area contributed by atoms with Crippen LogP contribution in [0.25, 0.3) is 0 Å². The Morgan fingerprint density at radius 1 is 0.889 bits per heavy atom. The number of aromatic nitrogens is 4. The highest BCUT2D eigenvalue weighted by molar-refractivity contribution is 6.32. The molecule has 0 amide bonds. The Labute approximate surface area is 174 Å². The molecule has 12 heteroatoms. The lowest BCUT2D eigenvalue weighted by Crippen LogP contribution is -2.24. The molecule has 0 fully saturated rings. The van der Waals surface area contributed by atoms with Gasteiger partial charge in [0, 0.05) is 5.56 Å². The Bertz CT molecular complexity index is 730. The van der Waals surface area contributed by atoms with Crippen molar-refractivity contribution in [1.29, 1.82) is 0 Å². The van der Waals surface area contributed by atoms with Crippen LogP contribution in [0.2, 0.25) is 20.6 Å². The molecule has 2 aromatic rings. The van der Waals surface area contributed by atoms with E-state index in [9.17, 15) is 13.6 Å². The molecule has 0 bridgehead atoms. The monoisotopic (exact) mass is 462 g/mol. The molecule has 0 aliphatic carbocycles. The van der Waals surface area contributed by atoms with Crippen molar-refractivity contribution < 1.29 is 18.7 Å². The summed E-state index contributed by atoms with van der Waals surface area (Å²) in [5.41, 5.74) is -3.37. The van der Waals surface area contributed by atoms with Crippen molar-refractivity contribution in [1.82, 2.24) is 20.4 Å². The van der Waals surface area contributed by atoms with E-state index in [2.05, 4.69) is 20.4 Å². The molecule has 0 unspecified atom stereocenters. The number of carboxylic acids is 1. The first-order valence-electron chi connectivity index (χ1n) is 7.09. The molecular weight excluding hydrogens is 448 g/mol. The third-order valence-corrected chi connectivity index (χ3v) is 3.33. The molecule has 2 rings (SSSR count). The summed E-state index contributed by atoms with van der Waals surface area (Å²) >= 11 is 21.9. The molecule has 0 spiro atoms. The number of carbonyl (C=O) groups is 1. The van der Waals surface area contributed by atoms with Gasteiger partial charge in [-0.15, -0.1) is 20.4 Å². The van der Waals surface area contributed by atoms with E-state index in [0.29, 0.717) is 10.3 Å². The van der Waals surface area contributed by atoms with Gasteiger partial charge in [0.15, 0.2) is 20.6 Å². The first-order valence-corrected chi connectivity index (χ1v) is 8.61. The number of nitrogens with zero attached hydrogens (tertiary/aromatic N) is 4. The van der Waals surface area contributed by atoms with E-state index in [1.165, 1.54) is 19.9 Å². The van der Waals surface area contributed by atoms with Crippen LogP contribution >= 0.6 is 46.4 Å². The topological polar surface area (TPSA) is 88.9 Å². The van der Waals surface area contributed by atoms with Gasteiger partial charge in [0.25, 0.3) is 0 Å². The van der Waals surface area contributed by atoms with Gasteiger partial charge in [-0.2, -0.15) is 0 Å². The van der Waals surface area contributed by atoms with Crippen molar-refractivity contribution in [2.75, 3.05) is 0 Å². The third kappa shape index (κ3) is 11.2. The van der Waals surface area contributed by atoms with Gasteiger partial charge in [0.2, 0.25) is 5.67 Å². The highest BCUT2D eigenvalue weighted by atomic mass is 35.5. The lowest BCUT2D eigenvalue weighted by molar-refractivity contribution is -0.148. The minimum absolute atomic E-state index is 0.0481. The van der Waals surface area contributed by atoms with Gasteiger partial charge in [-0.3, -0.25) is 0 Å². The van der Waals surface area contributed by atoms with Gasteiger partial charge >= 0.3 is 5.97 Å². The van der Waals surface area contributed by atoms with Gasteiger partial charge in [-0.25, -0.2) is 13.6 Å². The van der Waals surface area contributed by atoms with Gasteiger partial charge in [-0.1, -0.05) is 46.4 Å². The van der Waals surface area contributed by atoms with Crippen LogP contribution in [-0.4, -0.2) is 37.1 Å². The van der Waals surface area contributed by atoms with Crippen LogP contribution in [0.15, 0.2) is 18.2 Å². The summed E-state index contributed by atoms with van der Waals surface area (Å²) in [6.07, 6.45) is 0. The molecule has 150 valence electrons. The average Bonchev–Trinajstić information content (AvgIpc) is 2.52. The summed E-state index contributed by atoms with van der Waals surface area (Å²) < 4.78 is 25.3. The van der Waals surface area contributed by atoms with Crippen molar-refractivity contribution in [2.45, 2.75) is 39.0 Å². The minimum Gasteiger partial charge on any atom is -0.479 e. The van der Waals surface area contributed by atoms with Gasteiger partial charge < -0.3 is 5.11 Å². The SMILES string of the molecule is CC(C)(F)C(=O)O.CC(C)(F)c1cc(Cl)nnc1Cl.Clc1ccc(Cl)nn1. The van der Waals surface area contributed by atoms with E-state index in [4.69, 9.17) is 51.5 Å². The molecule has 2 aromatic heterocycles. The Morgan fingerprint density at radius 3 is 1.52 bits per heavy atom. The van der Waals surface area contributed by atoms with Gasteiger partial charge in [0.05, 0.1) is 0 Å². The number of carboxylic acid groups (broad SMARTS) is 1. The molecule has 0 aliphatic rings. The summed E-state index contributed by atoms with van der Waals surface area (Å²) in [7, 11) is 0. The molecule has 0 saturated carbocycles. The van der Waals surface area contributed by atoms with Crippen LogP contribution in [0.5, 0.6) is 0 Å². The van der Waals surface area contributed by atoms with Crippen LogP contribution in [0.4, 0.5) is 8.78 Å². The number of hydrogen-bond donors (Lipinski definition) is 1. The molecule has 6 nitrogen and oxygen atoms in total. The predicted octanol–water partition coefficient (Wildman–Crippen LogP) is 5.59. The zero-order valence-corrected chi connectivity index (χ0v) is 17.7. The summed E-state index contributed by atoms with van der Waals surface area (Å²) in [4.78, 5) is 9.65. The van der Waals surface area contributed by atoms with Crippen LogP contribution in [0.3, 0.4) is 0 Å². The molecular formula is C15H16Cl4F2N4O2. The fraction of sp³-hybridized carbons (Fsp3) is 0.400. The second-order valence-corrected chi connectivity index (χ2v) is 7.32. The van der Waals surface area contributed by atoms with Crippen molar-refractivity contribution in [3.8, 4) is 0 Å². The highest BCUT2D eigenvalue weighted by Crippen LogP contribution is 2.30. The first kappa shape index (κ1) is 25.6. The maximum atomic E-state index is 13.4. The maximum absolute atomic E-state index is 13.4. The number of aliphatic carboxylic acids is 1. The molecule has 27 heavy (non-hydrogen) atoms. The van der Waals surface area contributed by atoms with Crippen molar-refractivity contribution in [3.05, 3.63) is 44.4 Å². The number of halogens is 6. The van der Waals surface area contributed by atoms with Gasteiger partial charge in [-0.05, 0) is 45.9 Å². The van der Waals surface area contributed by atoms with Gasteiger partial charge in [0.1, 0.15) is 5.67 Å². The second-order valence-electron chi connectivity index (χ2n) is 5.80. The van der Waals surface area contributed by atoms with E-state index in [-0.39, 0.29) is 15.9 Å². The lowest BCUT2D eigenvalue weighted by Gasteiger charge is -2.14. The molecule has 0 aliphatic heterocycles. The van der Waals surface area contributed by atoms with E-state index < -0.39 is 17.3 Å². The largest absolute Gasteiger partial charge is 0.479 e. The van der Waals surface area contributed by atoms with Crippen LogP contribution in [-0.2, 0) is 10.5 Å². The van der Waals surface area contributed by atoms with Crippen LogP contribution < -0.4 is 0 Å². The minimum atomic E-state index is -2.08. The predicted molar refractivity (Wildman–Crippen MR) is 101 cm³/mol. The van der Waals surface area contributed by atoms with Crippen molar-refractivity contribution in [3.63, 3.8) is 0 Å². The molecule has 0 aromatic carbocycles. The van der Waals surface area contributed by atoms with E-state index in [1.807, 2.05) is 0 Å². The summed E-state index contributed by atoms with van der Waals surface area (Å²) in [6, 6.07) is 4.53. The molecule has 0 saturated heterocycles. The Morgan fingerprint density at radius 2 is 1.26 bits per heavy atom. The third-order valence-electron chi connectivity index (χ3n) is 2.47. The maximum Gasteiger partial charge on any atom is 0.340 e. The fourth-order valence-corrected chi connectivity index (χ4v) is 1.74. The summed E-state index contributed by atoms with van der Waals surface area (Å²) in [5.74, 6) is -1.42. The fourth-order valence-electron chi connectivity index (χ4n) is 1.07. The lowest BCUT2D eigenvalue weighted by atomic mass is 10.0. The second kappa shape index (κ2) is 10.8.